The maximum atomic E-state index is 9.21. The van der Waals surface area contributed by atoms with Crippen LogP contribution in [0.1, 0.15) is 5.56 Å². The van der Waals surface area contributed by atoms with Gasteiger partial charge in [0.25, 0.3) is 0 Å². The van der Waals surface area contributed by atoms with Crippen molar-refractivity contribution >= 4 is 11.9 Å². The lowest BCUT2D eigenvalue weighted by molar-refractivity contribution is 0.403. The van der Waals surface area contributed by atoms with Crippen LogP contribution in [0, 0.1) is 0 Å². The second kappa shape index (κ2) is 4.87. The maximum absolute atomic E-state index is 9.21. The number of rotatable bonds is 2. The van der Waals surface area contributed by atoms with E-state index in [1.54, 1.807) is 6.07 Å². The topological polar surface area (TPSA) is 143 Å². The van der Waals surface area contributed by atoms with Crippen LogP contribution in [0.5, 0.6) is 11.5 Å². The highest BCUT2D eigenvalue weighted by Crippen LogP contribution is 2.24. The SMILES string of the molecule is NC(N)=NC(N)=NCc1ccc(O)c(O)c1. The molecule has 1 rings (SSSR count). The van der Waals surface area contributed by atoms with Gasteiger partial charge < -0.3 is 27.4 Å². The maximum Gasteiger partial charge on any atom is 0.218 e. The van der Waals surface area contributed by atoms with Gasteiger partial charge in [0, 0.05) is 0 Å². The van der Waals surface area contributed by atoms with E-state index < -0.39 is 0 Å². The molecule has 8 N–H and O–H groups in total. The van der Waals surface area contributed by atoms with Gasteiger partial charge >= 0.3 is 0 Å². The van der Waals surface area contributed by atoms with E-state index in [4.69, 9.17) is 22.3 Å². The molecule has 1 aromatic carbocycles. The van der Waals surface area contributed by atoms with Gasteiger partial charge in [-0.1, -0.05) is 6.07 Å². The molecule has 86 valence electrons. The first-order chi connectivity index (χ1) is 7.49. The fourth-order valence-electron chi connectivity index (χ4n) is 1.01. The van der Waals surface area contributed by atoms with Gasteiger partial charge in [-0.15, -0.1) is 0 Å². The smallest absolute Gasteiger partial charge is 0.218 e. The Bertz CT molecular complexity index is 438. The molecule has 0 heterocycles. The minimum absolute atomic E-state index is 0.0486. The van der Waals surface area contributed by atoms with E-state index in [9.17, 15) is 5.11 Å². The molecule has 0 aliphatic carbocycles. The third-order valence-electron chi connectivity index (χ3n) is 1.71. The summed E-state index contributed by atoms with van der Waals surface area (Å²) in [7, 11) is 0. The fourth-order valence-corrected chi connectivity index (χ4v) is 1.01. The van der Waals surface area contributed by atoms with Crippen LogP contribution in [-0.2, 0) is 6.54 Å². The molecule has 0 saturated heterocycles. The molecular formula is C9H13N5O2. The minimum atomic E-state index is -0.215. The van der Waals surface area contributed by atoms with E-state index in [-0.39, 0.29) is 30.0 Å². The molecule has 0 amide bonds. The summed E-state index contributed by atoms with van der Waals surface area (Å²) < 4.78 is 0. The van der Waals surface area contributed by atoms with Crippen molar-refractivity contribution in [1.29, 1.82) is 0 Å². The van der Waals surface area contributed by atoms with Crippen LogP contribution in [0.15, 0.2) is 28.2 Å². The first kappa shape index (κ1) is 11.6. The van der Waals surface area contributed by atoms with Crippen molar-refractivity contribution in [1.82, 2.24) is 0 Å². The molecule has 0 bridgehead atoms. The standard InChI is InChI=1S/C9H13N5O2/c10-8(11)14-9(12)13-4-5-1-2-6(15)7(16)3-5/h1-3,15-16H,4H2,(H6,10,11,12,13,14). The van der Waals surface area contributed by atoms with Crippen LogP contribution in [0.3, 0.4) is 0 Å². The fraction of sp³-hybridized carbons (Fsp3) is 0.111. The first-order valence-electron chi connectivity index (χ1n) is 4.39. The minimum Gasteiger partial charge on any atom is -0.504 e. The summed E-state index contributed by atoms with van der Waals surface area (Å²) in [5.74, 6) is -0.625. The van der Waals surface area contributed by atoms with Crippen LogP contribution in [0.4, 0.5) is 0 Å². The van der Waals surface area contributed by atoms with Gasteiger partial charge in [0.05, 0.1) is 6.54 Å². The third kappa shape index (κ3) is 3.37. The van der Waals surface area contributed by atoms with E-state index in [2.05, 4.69) is 9.98 Å². The number of aliphatic imine (C=N–C) groups is 2. The van der Waals surface area contributed by atoms with E-state index in [1.165, 1.54) is 12.1 Å². The molecule has 1 aromatic rings. The highest BCUT2D eigenvalue weighted by molar-refractivity contribution is 5.92. The Kier molecular flexibility index (Phi) is 3.54. The summed E-state index contributed by atoms with van der Waals surface area (Å²) in [4.78, 5) is 7.38. The molecular weight excluding hydrogens is 210 g/mol. The van der Waals surface area contributed by atoms with Crippen molar-refractivity contribution in [3.8, 4) is 11.5 Å². The Hall–Kier alpha value is -2.44. The Morgan fingerprint density at radius 3 is 2.38 bits per heavy atom. The van der Waals surface area contributed by atoms with E-state index >= 15 is 0 Å². The van der Waals surface area contributed by atoms with Crippen molar-refractivity contribution in [2.75, 3.05) is 0 Å². The van der Waals surface area contributed by atoms with Crippen LogP contribution in [0.2, 0.25) is 0 Å². The lowest BCUT2D eigenvalue weighted by atomic mass is 10.2. The van der Waals surface area contributed by atoms with Gasteiger partial charge in [0.1, 0.15) is 0 Å². The number of nitrogens with zero attached hydrogens (tertiary/aromatic N) is 2. The third-order valence-corrected chi connectivity index (χ3v) is 1.71. The number of benzene rings is 1. The van der Waals surface area contributed by atoms with Crippen molar-refractivity contribution < 1.29 is 10.2 Å². The average molecular weight is 223 g/mol. The molecule has 7 nitrogen and oxygen atoms in total. The molecule has 0 aliphatic rings. The Morgan fingerprint density at radius 1 is 1.12 bits per heavy atom. The molecule has 0 fully saturated rings. The van der Waals surface area contributed by atoms with Crippen molar-refractivity contribution in [3.63, 3.8) is 0 Å². The Balaban J connectivity index is 2.75. The van der Waals surface area contributed by atoms with Crippen molar-refractivity contribution in [3.05, 3.63) is 23.8 Å². The number of phenolic OH excluding ortho intramolecular Hbond substituents is 2. The number of guanidine groups is 2. The highest BCUT2D eigenvalue weighted by Gasteiger charge is 2.00. The number of nitrogens with two attached hydrogens (primary N) is 3. The lowest BCUT2D eigenvalue weighted by Crippen LogP contribution is -2.26. The van der Waals surface area contributed by atoms with Crippen LogP contribution < -0.4 is 17.2 Å². The molecule has 0 atom stereocenters. The zero-order chi connectivity index (χ0) is 12.1. The molecule has 0 aliphatic heterocycles. The first-order valence-corrected chi connectivity index (χ1v) is 4.39. The quantitative estimate of drug-likeness (QED) is 0.253. The summed E-state index contributed by atoms with van der Waals surface area (Å²) in [6, 6.07) is 4.33. The summed E-state index contributed by atoms with van der Waals surface area (Å²) in [5.41, 5.74) is 16.3. The summed E-state index contributed by atoms with van der Waals surface area (Å²) in [5, 5.41) is 18.3. The lowest BCUT2D eigenvalue weighted by Gasteiger charge is -2.00. The largest absolute Gasteiger partial charge is 0.504 e. The molecule has 7 heteroatoms. The van der Waals surface area contributed by atoms with Gasteiger partial charge in [-0.05, 0) is 17.7 Å². The molecule has 0 spiro atoms. The van der Waals surface area contributed by atoms with Crippen LogP contribution in [-0.4, -0.2) is 22.1 Å². The predicted octanol–water partition coefficient (Wildman–Crippen LogP) is -0.814. The second-order valence-electron chi connectivity index (χ2n) is 3.03. The van der Waals surface area contributed by atoms with Gasteiger partial charge in [0.15, 0.2) is 17.5 Å². The van der Waals surface area contributed by atoms with Crippen LogP contribution in [0.25, 0.3) is 0 Å². The van der Waals surface area contributed by atoms with Gasteiger partial charge in [-0.3, -0.25) is 0 Å². The second-order valence-corrected chi connectivity index (χ2v) is 3.03. The number of hydrogen-bond donors (Lipinski definition) is 5. The molecule has 0 saturated carbocycles. The molecule has 0 radical (unpaired) electrons. The molecule has 16 heavy (non-hydrogen) atoms. The number of phenols is 2. The van der Waals surface area contributed by atoms with Gasteiger partial charge in [-0.2, -0.15) is 4.99 Å². The molecule has 0 aromatic heterocycles. The van der Waals surface area contributed by atoms with Crippen molar-refractivity contribution in [2.24, 2.45) is 27.2 Å². The molecule has 0 unspecified atom stereocenters. The summed E-state index contributed by atoms with van der Waals surface area (Å²) in [6.07, 6.45) is 0. The summed E-state index contributed by atoms with van der Waals surface area (Å²) in [6.45, 7) is 0.205. The number of aromatic hydroxyl groups is 2. The zero-order valence-corrected chi connectivity index (χ0v) is 8.46. The summed E-state index contributed by atoms with van der Waals surface area (Å²) >= 11 is 0. The predicted molar refractivity (Wildman–Crippen MR) is 60.9 cm³/mol. The Labute approximate surface area is 91.9 Å². The van der Waals surface area contributed by atoms with E-state index in [1.807, 2.05) is 0 Å². The average Bonchev–Trinajstić information content (AvgIpc) is 2.19. The van der Waals surface area contributed by atoms with Gasteiger partial charge in [-0.25, -0.2) is 4.99 Å². The van der Waals surface area contributed by atoms with E-state index in [0.717, 1.165) is 0 Å². The van der Waals surface area contributed by atoms with E-state index in [0.29, 0.717) is 5.56 Å². The van der Waals surface area contributed by atoms with Crippen LogP contribution >= 0.6 is 0 Å². The zero-order valence-electron chi connectivity index (χ0n) is 8.46. The van der Waals surface area contributed by atoms with Gasteiger partial charge in [0.2, 0.25) is 5.96 Å². The Morgan fingerprint density at radius 2 is 1.81 bits per heavy atom. The number of hydrogen-bond acceptors (Lipinski definition) is 3. The van der Waals surface area contributed by atoms with Crippen molar-refractivity contribution in [2.45, 2.75) is 6.54 Å². The monoisotopic (exact) mass is 223 g/mol. The highest BCUT2D eigenvalue weighted by atomic mass is 16.3. The normalized spacial score (nSPS) is 11.1.